The van der Waals surface area contributed by atoms with Gasteiger partial charge in [-0.15, -0.1) is 0 Å². The fourth-order valence-electron chi connectivity index (χ4n) is 1.18. The molecule has 0 heterocycles. The van der Waals surface area contributed by atoms with E-state index in [1.165, 1.54) is 0 Å². The van der Waals surface area contributed by atoms with Crippen LogP contribution in [0.2, 0.25) is 10.0 Å². The van der Waals surface area contributed by atoms with Crippen molar-refractivity contribution in [3.05, 3.63) is 32.8 Å². The maximum Gasteiger partial charge on any atom is 0.337 e. The van der Waals surface area contributed by atoms with Crippen molar-refractivity contribution >= 4 is 29.2 Å². The number of rotatable bonds is 1. The average molecular weight is 219 g/mol. The predicted molar refractivity (Wildman–Crippen MR) is 52.9 cm³/mol. The first kappa shape index (κ1) is 10.4. The van der Waals surface area contributed by atoms with Crippen molar-refractivity contribution in [3.8, 4) is 0 Å². The van der Waals surface area contributed by atoms with Crippen LogP contribution in [0.25, 0.3) is 0 Å². The highest BCUT2D eigenvalue weighted by Crippen LogP contribution is 2.31. The van der Waals surface area contributed by atoms with Gasteiger partial charge in [-0.3, -0.25) is 0 Å². The number of hydrogen-bond acceptors (Lipinski definition) is 1. The zero-order valence-electron chi connectivity index (χ0n) is 7.19. The number of hydrogen-bond donors (Lipinski definition) is 1. The highest BCUT2D eigenvalue weighted by molar-refractivity contribution is 6.44. The van der Waals surface area contributed by atoms with Crippen molar-refractivity contribution in [1.29, 1.82) is 0 Å². The van der Waals surface area contributed by atoms with Crippen LogP contribution in [-0.4, -0.2) is 11.1 Å². The van der Waals surface area contributed by atoms with Gasteiger partial charge in [0.05, 0.1) is 15.6 Å². The Kier molecular flexibility index (Phi) is 2.84. The number of benzene rings is 1. The summed E-state index contributed by atoms with van der Waals surface area (Å²) in [6, 6.07) is 1.71. The molecule has 1 rings (SSSR count). The van der Waals surface area contributed by atoms with E-state index in [-0.39, 0.29) is 10.6 Å². The minimum atomic E-state index is -1.05. The van der Waals surface area contributed by atoms with Gasteiger partial charge in [0.2, 0.25) is 0 Å². The van der Waals surface area contributed by atoms with Crippen molar-refractivity contribution in [2.24, 2.45) is 0 Å². The SMILES string of the molecule is Cc1cc(C)c(C(=O)O)c(Cl)c1Cl. The summed E-state index contributed by atoms with van der Waals surface area (Å²) in [5, 5.41) is 9.25. The Morgan fingerprint density at radius 2 is 1.77 bits per heavy atom. The summed E-state index contributed by atoms with van der Waals surface area (Å²) >= 11 is 11.6. The van der Waals surface area contributed by atoms with E-state index in [0.717, 1.165) is 5.56 Å². The summed E-state index contributed by atoms with van der Waals surface area (Å²) in [6.45, 7) is 3.48. The number of carboxylic acids is 1. The largest absolute Gasteiger partial charge is 0.478 e. The van der Waals surface area contributed by atoms with Crippen LogP contribution in [0.4, 0.5) is 0 Å². The van der Waals surface area contributed by atoms with Crippen LogP contribution in [0, 0.1) is 13.8 Å². The quantitative estimate of drug-likeness (QED) is 0.786. The van der Waals surface area contributed by atoms with Gasteiger partial charge in [0, 0.05) is 0 Å². The molecule has 13 heavy (non-hydrogen) atoms. The van der Waals surface area contributed by atoms with E-state index >= 15 is 0 Å². The highest BCUT2D eigenvalue weighted by Gasteiger charge is 2.16. The van der Waals surface area contributed by atoms with Gasteiger partial charge in [0.15, 0.2) is 0 Å². The van der Waals surface area contributed by atoms with Gasteiger partial charge in [-0.05, 0) is 25.0 Å². The first-order valence-corrected chi connectivity index (χ1v) is 4.39. The minimum Gasteiger partial charge on any atom is -0.478 e. The monoisotopic (exact) mass is 218 g/mol. The molecule has 4 heteroatoms. The molecular weight excluding hydrogens is 211 g/mol. The molecule has 1 aromatic rings. The molecule has 0 saturated heterocycles. The Bertz CT molecular complexity index is 372. The summed E-state index contributed by atoms with van der Waals surface area (Å²) in [5.74, 6) is -1.05. The van der Waals surface area contributed by atoms with Gasteiger partial charge < -0.3 is 5.11 Å². The molecule has 0 unspecified atom stereocenters. The molecule has 0 aromatic heterocycles. The minimum absolute atomic E-state index is 0.0808. The normalized spacial score (nSPS) is 10.2. The van der Waals surface area contributed by atoms with E-state index in [1.807, 2.05) is 0 Å². The van der Waals surface area contributed by atoms with Crippen LogP contribution in [0.3, 0.4) is 0 Å². The molecule has 0 atom stereocenters. The van der Waals surface area contributed by atoms with Crippen LogP contribution in [-0.2, 0) is 0 Å². The van der Waals surface area contributed by atoms with Crippen molar-refractivity contribution in [1.82, 2.24) is 0 Å². The third-order valence-electron chi connectivity index (χ3n) is 1.80. The van der Waals surface area contributed by atoms with Crippen molar-refractivity contribution in [2.45, 2.75) is 13.8 Å². The third kappa shape index (κ3) is 1.79. The molecule has 0 aliphatic rings. The van der Waals surface area contributed by atoms with Crippen LogP contribution in [0.5, 0.6) is 0 Å². The van der Waals surface area contributed by atoms with Crippen LogP contribution in [0.15, 0.2) is 6.07 Å². The van der Waals surface area contributed by atoms with Gasteiger partial charge in [-0.25, -0.2) is 4.79 Å². The lowest BCUT2D eigenvalue weighted by atomic mass is 10.1. The molecule has 1 N–H and O–H groups in total. The topological polar surface area (TPSA) is 37.3 Å². The molecule has 0 saturated carbocycles. The number of aryl methyl sites for hydroxylation is 2. The predicted octanol–water partition coefficient (Wildman–Crippen LogP) is 3.31. The number of carboxylic acid groups (broad SMARTS) is 1. The lowest BCUT2D eigenvalue weighted by molar-refractivity contribution is 0.0696. The van der Waals surface area contributed by atoms with E-state index in [2.05, 4.69) is 0 Å². The molecule has 0 spiro atoms. The molecule has 0 bridgehead atoms. The van der Waals surface area contributed by atoms with Crippen molar-refractivity contribution in [3.63, 3.8) is 0 Å². The summed E-state index contributed by atoms with van der Waals surface area (Å²) in [7, 11) is 0. The Balaban J connectivity index is 3.53. The molecular formula is C9H8Cl2O2. The lowest BCUT2D eigenvalue weighted by Gasteiger charge is -2.07. The Hall–Kier alpha value is -0.730. The molecule has 0 aliphatic carbocycles. The zero-order valence-corrected chi connectivity index (χ0v) is 8.70. The summed E-state index contributed by atoms with van der Waals surface area (Å²) in [5.41, 5.74) is 1.49. The second-order valence-electron chi connectivity index (χ2n) is 2.82. The molecule has 0 aliphatic heterocycles. The standard InChI is InChI=1S/C9H8Cl2O2/c1-4-3-5(2)7(10)8(11)6(4)9(12)13/h3H,1-2H3,(H,12,13). The van der Waals surface area contributed by atoms with Gasteiger partial charge in [0.25, 0.3) is 0 Å². The number of aromatic carboxylic acids is 1. The highest BCUT2D eigenvalue weighted by atomic mass is 35.5. The second kappa shape index (κ2) is 3.56. The third-order valence-corrected chi connectivity index (χ3v) is 2.76. The van der Waals surface area contributed by atoms with Crippen molar-refractivity contribution in [2.75, 3.05) is 0 Å². The first-order chi connectivity index (χ1) is 5.95. The van der Waals surface area contributed by atoms with Gasteiger partial charge in [-0.2, -0.15) is 0 Å². The van der Waals surface area contributed by atoms with E-state index < -0.39 is 5.97 Å². The Labute approximate surface area is 86.1 Å². The van der Waals surface area contributed by atoms with Crippen LogP contribution >= 0.6 is 23.2 Å². The molecule has 0 amide bonds. The molecule has 70 valence electrons. The van der Waals surface area contributed by atoms with E-state index in [4.69, 9.17) is 28.3 Å². The van der Waals surface area contributed by atoms with Gasteiger partial charge in [-0.1, -0.05) is 29.3 Å². The van der Waals surface area contributed by atoms with E-state index in [9.17, 15) is 4.79 Å². The van der Waals surface area contributed by atoms with E-state index in [1.54, 1.807) is 19.9 Å². The average Bonchev–Trinajstić information content (AvgIpc) is 1.99. The van der Waals surface area contributed by atoms with E-state index in [0.29, 0.717) is 10.6 Å². The second-order valence-corrected chi connectivity index (χ2v) is 3.57. The Morgan fingerprint density at radius 1 is 1.23 bits per heavy atom. The first-order valence-electron chi connectivity index (χ1n) is 3.63. The number of carbonyl (C=O) groups is 1. The van der Waals surface area contributed by atoms with Crippen LogP contribution < -0.4 is 0 Å². The van der Waals surface area contributed by atoms with Gasteiger partial charge in [0.1, 0.15) is 0 Å². The fourth-order valence-corrected chi connectivity index (χ4v) is 1.71. The summed E-state index contributed by atoms with van der Waals surface area (Å²) < 4.78 is 0. The molecule has 0 radical (unpaired) electrons. The molecule has 0 fully saturated rings. The van der Waals surface area contributed by atoms with Gasteiger partial charge >= 0.3 is 5.97 Å². The van der Waals surface area contributed by atoms with Crippen LogP contribution in [0.1, 0.15) is 21.5 Å². The lowest BCUT2D eigenvalue weighted by Crippen LogP contribution is -2.02. The maximum absolute atomic E-state index is 10.8. The molecule has 2 nitrogen and oxygen atoms in total. The Morgan fingerprint density at radius 3 is 2.23 bits per heavy atom. The maximum atomic E-state index is 10.8. The number of halogens is 2. The fraction of sp³-hybridized carbons (Fsp3) is 0.222. The smallest absolute Gasteiger partial charge is 0.337 e. The zero-order chi connectivity index (χ0) is 10.2. The summed E-state index contributed by atoms with van der Waals surface area (Å²) in [6.07, 6.45) is 0. The molecule has 1 aromatic carbocycles. The van der Waals surface area contributed by atoms with Crippen molar-refractivity contribution < 1.29 is 9.90 Å². The summed E-state index contributed by atoms with van der Waals surface area (Å²) in [4.78, 5) is 10.8.